The highest BCUT2D eigenvalue weighted by atomic mass is 16.5. The Morgan fingerprint density at radius 1 is 1.50 bits per heavy atom. The highest BCUT2D eigenvalue weighted by Crippen LogP contribution is 2.23. The molecule has 1 heterocycles. The molecule has 3 heteroatoms. The number of hydrogen-bond acceptors (Lipinski definition) is 3. The first-order chi connectivity index (χ1) is 6.65. The summed E-state index contributed by atoms with van der Waals surface area (Å²) in [5, 5.41) is 0. The van der Waals surface area contributed by atoms with E-state index in [0.717, 1.165) is 12.2 Å². The van der Waals surface area contributed by atoms with E-state index in [1.807, 2.05) is 26.0 Å². The molecule has 14 heavy (non-hydrogen) atoms. The SMILES string of the molecule is CCC(C)OC(c1ccco1)C(C)N. The van der Waals surface area contributed by atoms with Crippen LogP contribution in [-0.4, -0.2) is 12.1 Å². The molecule has 1 aromatic rings. The number of ether oxygens (including phenoxy) is 1. The first kappa shape index (κ1) is 11.3. The maximum atomic E-state index is 5.85. The van der Waals surface area contributed by atoms with Crippen molar-refractivity contribution in [2.24, 2.45) is 5.73 Å². The van der Waals surface area contributed by atoms with Crippen LogP contribution in [0.2, 0.25) is 0 Å². The molecule has 0 saturated carbocycles. The van der Waals surface area contributed by atoms with Crippen LogP contribution in [0.4, 0.5) is 0 Å². The van der Waals surface area contributed by atoms with Gasteiger partial charge in [0, 0.05) is 6.04 Å². The summed E-state index contributed by atoms with van der Waals surface area (Å²) in [6.45, 7) is 6.05. The van der Waals surface area contributed by atoms with Crippen LogP contribution in [0.3, 0.4) is 0 Å². The first-order valence-electron chi connectivity index (χ1n) is 5.09. The first-order valence-corrected chi connectivity index (χ1v) is 5.09. The molecular weight excluding hydrogens is 178 g/mol. The third-order valence-corrected chi connectivity index (χ3v) is 2.25. The van der Waals surface area contributed by atoms with Crippen molar-refractivity contribution in [2.45, 2.75) is 45.4 Å². The lowest BCUT2D eigenvalue weighted by Crippen LogP contribution is -2.29. The third-order valence-electron chi connectivity index (χ3n) is 2.25. The van der Waals surface area contributed by atoms with E-state index in [9.17, 15) is 0 Å². The van der Waals surface area contributed by atoms with E-state index in [0.29, 0.717) is 0 Å². The molecule has 0 bridgehead atoms. The second-order valence-electron chi connectivity index (χ2n) is 3.65. The van der Waals surface area contributed by atoms with Gasteiger partial charge in [0.2, 0.25) is 0 Å². The van der Waals surface area contributed by atoms with E-state index in [1.165, 1.54) is 0 Å². The molecular formula is C11H19NO2. The predicted molar refractivity (Wildman–Crippen MR) is 55.9 cm³/mol. The molecule has 80 valence electrons. The smallest absolute Gasteiger partial charge is 0.134 e. The zero-order valence-corrected chi connectivity index (χ0v) is 9.07. The number of nitrogens with two attached hydrogens (primary N) is 1. The van der Waals surface area contributed by atoms with Crippen molar-refractivity contribution >= 4 is 0 Å². The van der Waals surface area contributed by atoms with Gasteiger partial charge in [-0.2, -0.15) is 0 Å². The maximum absolute atomic E-state index is 5.85. The second kappa shape index (κ2) is 5.17. The van der Waals surface area contributed by atoms with Crippen LogP contribution < -0.4 is 5.73 Å². The lowest BCUT2D eigenvalue weighted by atomic mass is 10.1. The van der Waals surface area contributed by atoms with Crippen LogP contribution in [0.25, 0.3) is 0 Å². The number of rotatable bonds is 5. The molecule has 0 radical (unpaired) electrons. The fraction of sp³-hybridized carbons (Fsp3) is 0.636. The van der Waals surface area contributed by atoms with Gasteiger partial charge in [-0.25, -0.2) is 0 Å². The summed E-state index contributed by atoms with van der Waals surface area (Å²) in [5.41, 5.74) is 5.85. The van der Waals surface area contributed by atoms with Crippen LogP contribution in [-0.2, 0) is 4.74 Å². The Morgan fingerprint density at radius 2 is 2.21 bits per heavy atom. The Balaban J connectivity index is 2.66. The summed E-state index contributed by atoms with van der Waals surface area (Å²) in [6.07, 6.45) is 2.69. The summed E-state index contributed by atoms with van der Waals surface area (Å²) in [6, 6.07) is 3.69. The molecule has 2 N–H and O–H groups in total. The van der Waals surface area contributed by atoms with Gasteiger partial charge in [-0.1, -0.05) is 6.92 Å². The van der Waals surface area contributed by atoms with Crippen molar-refractivity contribution in [2.75, 3.05) is 0 Å². The number of furan rings is 1. The maximum Gasteiger partial charge on any atom is 0.134 e. The molecule has 0 amide bonds. The predicted octanol–water partition coefficient (Wildman–Crippen LogP) is 2.48. The van der Waals surface area contributed by atoms with Crippen molar-refractivity contribution in [1.82, 2.24) is 0 Å². The normalized spacial score (nSPS) is 17.7. The van der Waals surface area contributed by atoms with Crippen molar-refractivity contribution in [3.8, 4) is 0 Å². The molecule has 0 aliphatic heterocycles. The quantitative estimate of drug-likeness (QED) is 0.788. The van der Waals surface area contributed by atoms with Crippen molar-refractivity contribution in [3.63, 3.8) is 0 Å². The Bertz CT molecular complexity index is 244. The van der Waals surface area contributed by atoms with Gasteiger partial charge in [0.25, 0.3) is 0 Å². The standard InChI is InChI=1S/C11H19NO2/c1-4-8(2)14-11(9(3)12)10-6-5-7-13-10/h5-9,11H,4,12H2,1-3H3. The molecule has 3 atom stereocenters. The Hall–Kier alpha value is -0.800. The largest absolute Gasteiger partial charge is 0.467 e. The lowest BCUT2D eigenvalue weighted by molar-refractivity contribution is -0.0271. The second-order valence-corrected chi connectivity index (χ2v) is 3.65. The highest BCUT2D eigenvalue weighted by Gasteiger charge is 2.21. The van der Waals surface area contributed by atoms with Gasteiger partial charge in [-0.05, 0) is 32.4 Å². The molecule has 3 nitrogen and oxygen atoms in total. The summed E-state index contributed by atoms with van der Waals surface area (Å²) < 4.78 is 11.1. The van der Waals surface area contributed by atoms with Gasteiger partial charge in [0.1, 0.15) is 11.9 Å². The van der Waals surface area contributed by atoms with Gasteiger partial charge < -0.3 is 14.9 Å². The van der Waals surface area contributed by atoms with Crippen LogP contribution in [0.5, 0.6) is 0 Å². The van der Waals surface area contributed by atoms with E-state index >= 15 is 0 Å². The monoisotopic (exact) mass is 197 g/mol. The zero-order valence-electron chi connectivity index (χ0n) is 9.07. The molecule has 0 aliphatic carbocycles. The molecule has 0 aliphatic rings. The summed E-state index contributed by atoms with van der Waals surface area (Å²) in [5.74, 6) is 0.806. The van der Waals surface area contributed by atoms with Gasteiger partial charge in [-0.3, -0.25) is 0 Å². The number of hydrogen-bond donors (Lipinski definition) is 1. The lowest BCUT2D eigenvalue weighted by Gasteiger charge is -2.22. The van der Waals surface area contributed by atoms with E-state index in [-0.39, 0.29) is 18.2 Å². The molecule has 0 fully saturated rings. The van der Waals surface area contributed by atoms with Crippen LogP contribution in [0, 0.1) is 0 Å². The average molecular weight is 197 g/mol. The van der Waals surface area contributed by atoms with Crippen LogP contribution in [0.1, 0.15) is 39.1 Å². The molecule has 3 unspecified atom stereocenters. The molecule has 0 spiro atoms. The van der Waals surface area contributed by atoms with Crippen LogP contribution >= 0.6 is 0 Å². The highest BCUT2D eigenvalue weighted by molar-refractivity contribution is 5.04. The minimum absolute atomic E-state index is 0.0600. The van der Waals surface area contributed by atoms with Crippen molar-refractivity contribution in [3.05, 3.63) is 24.2 Å². The molecule has 1 aromatic heterocycles. The Labute approximate surface area is 85.2 Å². The van der Waals surface area contributed by atoms with Crippen molar-refractivity contribution in [1.29, 1.82) is 0 Å². The van der Waals surface area contributed by atoms with Gasteiger partial charge >= 0.3 is 0 Å². The van der Waals surface area contributed by atoms with Gasteiger partial charge in [0.05, 0.1) is 12.4 Å². The van der Waals surface area contributed by atoms with E-state index < -0.39 is 0 Å². The molecule has 0 saturated heterocycles. The zero-order chi connectivity index (χ0) is 10.6. The summed E-state index contributed by atoms with van der Waals surface area (Å²) in [4.78, 5) is 0. The average Bonchev–Trinajstić information content (AvgIpc) is 2.65. The van der Waals surface area contributed by atoms with Crippen molar-refractivity contribution < 1.29 is 9.15 Å². The summed E-state index contributed by atoms with van der Waals surface area (Å²) in [7, 11) is 0. The van der Waals surface area contributed by atoms with Gasteiger partial charge in [-0.15, -0.1) is 0 Å². The van der Waals surface area contributed by atoms with E-state index in [4.69, 9.17) is 14.9 Å². The third kappa shape index (κ3) is 2.86. The minimum atomic E-state index is -0.139. The molecule has 1 rings (SSSR count). The minimum Gasteiger partial charge on any atom is -0.467 e. The fourth-order valence-corrected chi connectivity index (χ4v) is 1.25. The fourth-order valence-electron chi connectivity index (χ4n) is 1.25. The topological polar surface area (TPSA) is 48.4 Å². The Kier molecular flexibility index (Phi) is 4.17. The Morgan fingerprint density at radius 3 is 2.64 bits per heavy atom. The van der Waals surface area contributed by atoms with E-state index in [2.05, 4.69) is 6.92 Å². The molecule has 0 aromatic carbocycles. The van der Waals surface area contributed by atoms with E-state index in [1.54, 1.807) is 6.26 Å². The van der Waals surface area contributed by atoms with Crippen LogP contribution in [0.15, 0.2) is 22.8 Å². The van der Waals surface area contributed by atoms with Gasteiger partial charge in [0.15, 0.2) is 0 Å². The summed E-state index contributed by atoms with van der Waals surface area (Å²) >= 11 is 0.